The lowest BCUT2D eigenvalue weighted by molar-refractivity contribution is 0.0755. The number of ether oxygens (including phenoxy) is 1. The lowest BCUT2D eigenvalue weighted by atomic mass is 10.2. The maximum absolute atomic E-state index is 12.7. The van der Waals surface area contributed by atoms with Gasteiger partial charge in [0.05, 0.1) is 13.2 Å². The van der Waals surface area contributed by atoms with Crippen LogP contribution in [0.5, 0.6) is 0 Å². The first-order valence-corrected chi connectivity index (χ1v) is 8.22. The monoisotopic (exact) mass is 304 g/mol. The first-order valence-electron chi connectivity index (χ1n) is 8.22. The fourth-order valence-corrected chi connectivity index (χ4v) is 3.00. The van der Waals surface area contributed by atoms with Crippen molar-refractivity contribution < 1.29 is 9.53 Å². The van der Waals surface area contributed by atoms with Gasteiger partial charge in [-0.2, -0.15) is 0 Å². The molecular weight excluding hydrogens is 280 g/mol. The van der Waals surface area contributed by atoms with Gasteiger partial charge in [-0.05, 0) is 25.8 Å². The second-order valence-electron chi connectivity index (χ2n) is 6.00. The van der Waals surface area contributed by atoms with Crippen molar-refractivity contribution in [2.24, 2.45) is 0 Å². The Morgan fingerprint density at radius 3 is 2.41 bits per heavy atom. The molecule has 2 fully saturated rings. The normalized spacial score (nSPS) is 19.9. The second kappa shape index (κ2) is 7.05. The Morgan fingerprint density at radius 1 is 1.05 bits per heavy atom. The zero-order valence-corrected chi connectivity index (χ0v) is 13.3. The van der Waals surface area contributed by atoms with E-state index >= 15 is 0 Å². The van der Waals surface area contributed by atoms with Crippen LogP contribution in [0.4, 0.5) is 5.95 Å². The summed E-state index contributed by atoms with van der Waals surface area (Å²) in [5, 5.41) is 0. The van der Waals surface area contributed by atoms with Gasteiger partial charge in [-0.3, -0.25) is 4.79 Å². The van der Waals surface area contributed by atoms with E-state index in [0.29, 0.717) is 24.9 Å². The molecule has 0 aromatic carbocycles. The maximum Gasteiger partial charge on any atom is 0.272 e. The summed E-state index contributed by atoms with van der Waals surface area (Å²) in [6.07, 6.45) is 4.61. The number of hydrogen-bond donors (Lipinski definition) is 0. The average Bonchev–Trinajstić information content (AvgIpc) is 2.83. The summed E-state index contributed by atoms with van der Waals surface area (Å²) < 4.78 is 5.37. The number of anilines is 1. The lowest BCUT2D eigenvalue weighted by Crippen LogP contribution is -2.38. The number of rotatable bonds is 2. The molecule has 3 rings (SSSR count). The van der Waals surface area contributed by atoms with E-state index in [2.05, 4.69) is 14.9 Å². The Labute approximate surface area is 131 Å². The van der Waals surface area contributed by atoms with Crippen LogP contribution < -0.4 is 4.90 Å². The molecule has 2 aliphatic heterocycles. The van der Waals surface area contributed by atoms with Crippen LogP contribution in [0.2, 0.25) is 0 Å². The molecular formula is C16H24N4O2. The predicted octanol–water partition coefficient (Wildman–Crippen LogP) is 1.64. The molecule has 0 atom stereocenters. The third-order valence-electron chi connectivity index (χ3n) is 4.25. The molecule has 6 heteroatoms. The molecule has 2 saturated heterocycles. The molecule has 0 saturated carbocycles. The van der Waals surface area contributed by atoms with Gasteiger partial charge in [0.1, 0.15) is 5.69 Å². The minimum absolute atomic E-state index is 0.0434. The highest BCUT2D eigenvalue weighted by atomic mass is 16.5. The molecule has 0 unspecified atom stereocenters. The average molecular weight is 304 g/mol. The number of nitrogens with zero attached hydrogens (tertiary/aromatic N) is 4. The Kier molecular flexibility index (Phi) is 4.87. The van der Waals surface area contributed by atoms with E-state index in [9.17, 15) is 4.79 Å². The van der Waals surface area contributed by atoms with Crippen LogP contribution in [0.3, 0.4) is 0 Å². The number of aromatic nitrogens is 2. The minimum Gasteiger partial charge on any atom is -0.378 e. The molecule has 0 spiro atoms. The summed E-state index contributed by atoms with van der Waals surface area (Å²) in [7, 11) is 0. The zero-order chi connectivity index (χ0) is 15.4. The molecule has 0 aliphatic carbocycles. The summed E-state index contributed by atoms with van der Waals surface area (Å²) in [6.45, 7) is 6.54. The predicted molar refractivity (Wildman–Crippen MR) is 84.2 cm³/mol. The Morgan fingerprint density at radius 2 is 1.73 bits per heavy atom. The largest absolute Gasteiger partial charge is 0.378 e. The van der Waals surface area contributed by atoms with Crippen molar-refractivity contribution in [2.75, 3.05) is 44.3 Å². The number of aryl methyl sites for hydroxylation is 1. The molecule has 22 heavy (non-hydrogen) atoms. The summed E-state index contributed by atoms with van der Waals surface area (Å²) in [5.41, 5.74) is 1.37. The highest BCUT2D eigenvalue weighted by molar-refractivity contribution is 5.92. The van der Waals surface area contributed by atoms with Crippen molar-refractivity contribution in [3.05, 3.63) is 17.5 Å². The molecule has 6 nitrogen and oxygen atoms in total. The molecule has 1 aromatic rings. The first kappa shape index (κ1) is 15.2. The molecule has 3 heterocycles. The third-order valence-corrected chi connectivity index (χ3v) is 4.25. The summed E-state index contributed by atoms with van der Waals surface area (Å²) in [6, 6.07) is 1.80. The van der Waals surface area contributed by atoms with E-state index in [0.717, 1.165) is 44.7 Å². The number of carbonyl (C=O) groups is 1. The Bertz CT molecular complexity index is 521. The number of hydrogen-bond acceptors (Lipinski definition) is 5. The fourth-order valence-electron chi connectivity index (χ4n) is 3.00. The van der Waals surface area contributed by atoms with E-state index < -0.39 is 0 Å². The highest BCUT2D eigenvalue weighted by Gasteiger charge is 2.21. The van der Waals surface area contributed by atoms with Crippen LogP contribution in [0.15, 0.2) is 6.07 Å². The van der Waals surface area contributed by atoms with Gasteiger partial charge < -0.3 is 14.5 Å². The first-order chi connectivity index (χ1) is 10.7. The molecule has 1 aromatic heterocycles. The van der Waals surface area contributed by atoms with Crippen molar-refractivity contribution in [1.82, 2.24) is 14.9 Å². The van der Waals surface area contributed by atoms with Crippen molar-refractivity contribution in [1.29, 1.82) is 0 Å². The van der Waals surface area contributed by atoms with Crippen LogP contribution in [0.1, 0.15) is 41.9 Å². The van der Waals surface area contributed by atoms with Crippen molar-refractivity contribution >= 4 is 11.9 Å². The molecule has 2 aliphatic rings. The second-order valence-corrected chi connectivity index (χ2v) is 6.00. The third kappa shape index (κ3) is 3.55. The quantitative estimate of drug-likeness (QED) is 0.831. The van der Waals surface area contributed by atoms with E-state index in [4.69, 9.17) is 4.74 Å². The molecule has 0 radical (unpaired) electrons. The highest BCUT2D eigenvalue weighted by Crippen LogP contribution is 2.16. The van der Waals surface area contributed by atoms with Gasteiger partial charge in [-0.25, -0.2) is 9.97 Å². The van der Waals surface area contributed by atoms with Gasteiger partial charge in [0.2, 0.25) is 5.95 Å². The van der Waals surface area contributed by atoms with Gasteiger partial charge in [0.25, 0.3) is 5.91 Å². The van der Waals surface area contributed by atoms with Crippen LogP contribution in [-0.2, 0) is 4.74 Å². The van der Waals surface area contributed by atoms with E-state index in [1.807, 2.05) is 11.8 Å². The molecule has 0 N–H and O–H groups in total. The van der Waals surface area contributed by atoms with Crippen LogP contribution in [-0.4, -0.2) is 60.2 Å². The number of amides is 1. The summed E-state index contributed by atoms with van der Waals surface area (Å²) >= 11 is 0. The summed E-state index contributed by atoms with van der Waals surface area (Å²) in [5.74, 6) is 0.698. The number of carbonyl (C=O) groups excluding carboxylic acids is 1. The van der Waals surface area contributed by atoms with E-state index in [-0.39, 0.29) is 5.91 Å². The van der Waals surface area contributed by atoms with Gasteiger partial charge >= 0.3 is 0 Å². The van der Waals surface area contributed by atoms with Crippen molar-refractivity contribution in [2.45, 2.75) is 32.6 Å². The van der Waals surface area contributed by atoms with E-state index in [1.54, 1.807) is 6.07 Å². The zero-order valence-electron chi connectivity index (χ0n) is 13.3. The Hall–Kier alpha value is -1.69. The molecule has 1 amide bonds. The molecule has 120 valence electrons. The minimum atomic E-state index is 0.0434. The Balaban J connectivity index is 1.80. The lowest BCUT2D eigenvalue weighted by Gasteiger charge is -2.27. The maximum atomic E-state index is 12.7. The van der Waals surface area contributed by atoms with Crippen molar-refractivity contribution in [3.63, 3.8) is 0 Å². The van der Waals surface area contributed by atoms with Gasteiger partial charge in [0.15, 0.2) is 0 Å². The number of morpholine rings is 1. The van der Waals surface area contributed by atoms with E-state index in [1.165, 1.54) is 12.8 Å². The van der Waals surface area contributed by atoms with Crippen LogP contribution in [0, 0.1) is 6.92 Å². The molecule has 0 bridgehead atoms. The smallest absolute Gasteiger partial charge is 0.272 e. The SMILES string of the molecule is Cc1cc(C(=O)N2CCCCCC2)nc(N2CCOCC2)n1. The van der Waals surface area contributed by atoms with Crippen LogP contribution in [0.25, 0.3) is 0 Å². The van der Waals surface area contributed by atoms with Gasteiger partial charge in [0, 0.05) is 31.9 Å². The van der Waals surface area contributed by atoms with Crippen LogP contribution >= 0.6 is 0 Å². The van der Waals surface area contributed by atoms with Crippen molar-refractivity contribution in [3.8, 4) is 0 Å². The topological polar surface area (TPSA) is 58.6 Å². The number of likely N-dealkylation sites (tertiary alicyclic amines) is 1. The summed E-state index contributed by atoms with van der Waals surface area (Å²) in [4.78, 5) is 25.8. The standard InChI is InChI=1S/C16H24N4O2/c1-13-12-14(15(21)19-6-4-2-3-5-7-19)18-16(17-13)20-8-10-22-11-9-20/h12H,2-11H2,1H3. The van der Waals surface area contributed by atoms with Gasteiger partial charge in [-0.1, -0.05) is 12.8 Å². The fraction of sp³-hybridized carbons (Fsp3) is 0.688. The van der Waals surface area contributed by atoms with Gasteiger partial charge in [-0.15, -0.1) is 0 Å².